The van der Waals surface area contributed by atoms with Crippen LogP contribution in [0.2, 0.25) is 0 Å². The molecule has 0 saturated carbocycles. The van der Waals surface area contributed by atoms with Crippen LogP contribution in [0.1, 0.15) is 38.4 Å². The van der Waals surface area contributed by atoms with Gasteiger partial charge in [0.25, 0.3) is 0 Å². The van der Waals surface area contributed by atoms with Crippen molar-refractivity contribution in [2.45, 2.75) is 44.9 Å². The van der Waals surface area contributed by atoms with E-state index in [1.807, 2.05) is 6.92 Å². The molecule has 2 rings (SSSR count). The minimum absolute atomic E-state index is 0.144. The summed E-state index contributed by atoms with van der Waals surface area (Å²) in [5, 5.41) is 32.1. The molecule has 1 aliphatic rings. The number of nitrogens with one attached hydrogen (secondary N) is 1. The molecule has 1 fully saturated rings. The first-order chi connectivity index (χ1) is 11.8. The zero-order chi connectivity index (χ0) is 18.7. The Hall–Kier alpha value is -2.61. The molecule has 8 heteroatoms. The fraction of sp³-hybridized carbons (Fsp3) is 0.471. The SMILES string of the molecule is CCCC1NC(=O)C(C(O)c2ccc(O)c(O)c2)N(CC(C)=O)C1=O. The van der Waals surface area contributed by atoms with E-state index in [2.05, 4.69) is 5.32 Å². The maximum Gasteiger partial charge on any atom is 0.246 e. The number of hydrogen-bond donors (Lipinski definition) is 4. The van der Waals surface area contributed by atoms with Crippen molar-refractivity contribution >= 4 is 17.6 Å². The van der Waals surface area contributed by atoms with Crippen LogP contribution in [0.5, 0.6) is 11.5 Å². The number of rotatable bonds is 6. The molecule has 0 aliphatic carbocycles. The second kappa shape index (κ2) is 7.52. The second-order valence-corrected chi connectivity index (χ2v) is 6.16. The molecule has 3 unspecified atom stereocenters. The van der Waals surface area contributed by atoms with Gasteiger partial charge in [0.05, 0.1) is 6.54 Å². The monoisotopic (exact) mass is 350 g/mol. The van der Waals surface area contributed by atoms with Gasteiger partial charge in [0.1, 0.15) is 24.0 Å². The molecule has 0 radical (unpaired) electrons. The largest absolute Gasteiger partial charge is 0.504 e. The van der Waals surface area contributed by atoms with Gasteiger partial charge in [-0.1, -0.05) is 19.4 Å². The van der Waals surface area contributed by atoms with E-state index >= 15 is 0 Å². The lowest BCUT2D eigenvalue weighted by Crippen LogP contribution is -2.65. The summed E-state index contributed by atoms with van der Waals surface area (Å²) in [6.07, 6.45) is -0.358. The molecular formula is C17H22N2O6. The lowest BCUT2D eigenvalue weighted by atomic mass is 9.95. The molecule has 1 aromatic rings. The highest BCUT2D eigenvalue weighted by Gasteiger charge is 2.44. The van der Waals surface area contributed by atoms with Gasteiger partial charge in [-0.15, -0.1) is 0 Å². The molecule has 8 nitrogen and oxygen atoms in total. The molecule has 4 N–H and O–H groups in total. The summed E-state index contributed by atoms with van der Waals surface area (Å²) in [5.74, 6) is -2.14. The highest BCUT2D eigenvalue weighted by Crippen LogP contribution is 2.31. The number of aliphatic hydroxyl groups excluding tert-OH is 1. The number of aromatic hydroxyl groups is 2. The Labute approximate surface area is 145 Å². The number of hydrogen-bond acceptors (Lipinski definition) is 6. The average Bonchev–Trinajstić information content (AvgIpc) is 2.54. The zero-order valence-electron chi connectivity index (χ0n) is 14.1. The van der Waals surface area contributed by atoms with Crippen LogP contribution in [0.25, 0.3) is 0 Å². The van der Waals surface area contributed by atoms with Crippen molar-refractivity contribution in [2.24, 2.45) is 0 Å². The number of Topliss-reactive ketones (excluding diaryl/α,β-unsaturated/α-hetero) is 1. The van der Waals surface area contributed by atoms with Gasteiger partial charge in [0.2, 0.25) is 11.8 Å². The molecule has 1 saturated heterocycles. The number of phenols is 2. The molecule has 0 bridgehead atoms. The third-order valence-electron chi connectivity index (χ3n) is 4.11. The van der Waals surface area contributed by atoms with Gasteiger partial charge < -0.3 is 25.5 Å². The van der Waals surface area contributed by atoms with Crippen LogP contribution in [0, 0.1) is 0 Å². The Balaban J connectivity index is 2.37. The van der Waals surface area contributed by atoms with E-state index in [4.69, 9.17) is 0 Å². The molecule has 1 aliphatic heterocycles. The predicted octanol–water partition coefficient (Wildman–Crippen LogP) is 0.216. The van der Waals surface area contributed by atoms with E-state index in [0.717, 1.165) is 11.0 Å². The summed E-state index contributed by atoms with van der Waals surface area (Å²) >= 11 is 0. The Morgan fingerprint density at radius 3 is 2.52 bits per heavy atom. The Kier molecular flexibility index (Phi) is 5.63. The van der Waals surface area contributed by atoms with E-state index < -0.39 is 35.8 Å². The first kappa shape index (κ1) is 18.7. The van der Waals surface area contributed by atoms with E-state index in [0.29, 0.717) is 12.8 Å². The predicted molar refractivity (Wildman–Crippen MR) is 87.8 cm³/mol. The fourth-order valence-electron chi connectivity index (χ4n) is 2.92. The molecule has 2 amide bonds. The van der Waals surface area contributed by atoms with Gasteiger partial charge >= 0.3 is 0 Å². The molecule has 0 aromatic heterocycles. The fourth-order valence-corrected chi connectivity index (χ4v) is 2.92. The number of benzene rings is 1. The van der Waals surface area contributed by atoms with Crippen molar-refractivity contribution in [1.82, 2.24) is 10.2 Å². The topological polar surface area (TPSA) is 127 Å². The molecule has 1 aromatic carbocycles. The maximum atomic E-state index is 12.6. The van der Waals surface area contributed by atoms with E-state index in [-0.39, 0.29) is 23.6 Å². The Bertz CT molecular complexity index is 690. The lowest BCUT2D eigenvalue weighted by molar-refractivity contribution is -0.155. The van der Waals surface area contributed by atoms with Crippen LogP contribution in [-0.2, 0) is 14.4 Å². The minimum Gasteiger partial charge on any atom is -0.504 e. The normalized spacial score (nSPS) is 21.8. The number of phenolic OH excluding ortho intramolecular Hbond substituents is 2. The van der Waals surface area contributed by atoms with Crippen LogP contribution in [0.3, 0.4) is 0 Å². The highest BCUT2D eigenvalue weighted by molar-refractivity contribution is 5.99. The van der Waals surface area contributed by atoms with Crippen LogP contribution in [0.15, 0.2) is 18.2 Å². The van der Waals surface area contributed by atoms with Gasteiger partial charge in [-0.25, -0.2) is 0 Å². The van der Waals surface area contributed by atoms with Gasteiger partial charge in [0.15, 0.2) is 11.5 Å². The van der Waals surface area contributed by atoms with Gasteiger partial charge in [-0.2, -0.15) is 0 Å². The number of piperazine rings is 1. The summed E-state index contributed by atoms with van der Waals surface area (Å²) in [6.45, 7) is 2.87. The number of ketones is 1. The number of amides is 2. The first-order valence-electron chi connectivity index (χ1n) is 8.06. The van der Waals surface area contributed by atoms with Gasteiger partial charge in [0, 0.05) is 0 Å². The summed E-state index contributed by atoms with van der Waals surface area (Å²) < 4.78 is 0. The minimum atomic E-state index is -1.46. The van der Waals surface area contributed by atoms with Crippen LogP contribution < -0.4 is 5.32 Å². The van der Waals surface area contributed by atoms with E-state index in [1.165, 1.54) is 19.1 Å². The van der Waals surface area contributed by atoms with Crippen molar-refractivity contribution in [2.75, 3.05) is 6.54 Å². The van der Waals surface area contributed by atoms with Gasteiger partial charge in [-0.05, 0) is 31.0 Å². The Morgan fingerprint density at radius 2 is 1.96 bits per heavy atom. The summed E-state index contributed by atoms with van der Waals surface area (Å²) in [7, 11) is 0. The first-order valence-corrected chi connectivity index (χ1v) is 8.06. The van der Waals surface area contributed by atoms with Crippen molar-refractivity contribution in [3.8, 4) is 11.5 Å². The molecule has 0 spiro atoms. The second-order valence-electron chi connectivity index (χ2n) is 6.16. The number of carbonyl (C=O) groups excluding carboxylic acids is 3. The quantitative estimate of drug-likeness (QED) is 0.544. The Morgan fingerprint density at radius 1 is 1.28 bits per heavy atom. The number of carbonyl (C=O) groups is 3. The lowest BCUT2D eigenvalue weighted by Gasteiger charge is -2.40. The highest BCUT2D eigenvalue weighted by atomic mass is 16.3. The third-order valence-corrected chi connectivity index (χ3v) is 4.11. The van der Waals surface area contributed by atoms with Crippen LogP contribution >= 0.6 is 0 Å². The van der Waals surface area contributed by atoms with E-state index in [9.17, 15) is 29.7 Å². The molecular weight excluding hydrogens is 328 g/mol. The van der Waals surface area contributed by atoms with E-state index in [1.54, 1.807) is 0 Å². The number of aliphatic hydroxyl groups is 1. The zero-order valence-corrected chi connectivity index (χ0v) is 14.1. The number of nitrogens with zero attached hydrogens (tertiary/aromatic N) is 1. The summed E-state index contributed by atoms with van der Waals surface area (Å²) in [6, 6.07) is 1.59. The summed E-state index contributed by atoms with van der Waals surface area (Å²) in [5.41, 5.74) is 0.144. The standard InChI is InChI=1S/C17H22N2O6/c1-3-4-11-17(25)19(8-9(2)20)14(16(24)18-11)15(23)10-5-6-12(21)13(22)7-10/h5-7,11,14-15,21-23H,3-4,8H2,1-2H3,(H,18,24). The van der Waals surface area contributed by atoms with Crippen LogP contribution in [0.4, 0.5) is 0 Å². The van der Waals surface area contributed by atoms with Crippen molar-refractivity contribution in [3.05, 3.63) is 23.8 Å². The average molecular weight is 350 g/mol. The molecule has 1 heterocycles. The molecule has 136 valence electrons. The maximum absolute atomic E-state index is 12.6. The van der Waals surface area contributed by atoms with Crippen LogP contribution in [-0.4, -0.2) is 56.4 Å². The molecule has 3 atom stereocenters. The summed E-state index contributed by atoms with van der Waals surface area (Å²) in [4.78, 5) is 37.7. The smallest absolute Gasteiger partial charge is 0.246 e. The van der Waals surface area contributed by atoms with Gasteiger partial charge in [-0.3, -0.25) is 14.4 Å². The van der Waals surface area contributed by atoms with Crippen molar-refractivity contribution < 1.29 is 29.7 Å². The third kappa shape index (κ3) is 3.90. The molecule has 25 heavy (non-hydrogen) atoms. The van der Waals surface area contributed by atoms with Crippen molar-refractivity contribution in [3.63, 3.8) is 0 Å². The van der Waals surface area contributed by atoms with Crippen molar-refractivity contribution in [1.29, 1.82) is 0 Å².